The Balaban J connectivity index is 0.000000133. The van der Waals surface area contributed by atoms with Crippen LogP contribution in [0.25, 0.3) is 69.1 Å². The summed E-state index contributed by atoms with van der Waals surface area (Å²) < 4.78 is 8.09. The maximum absolute atomic E-state index is 14.6. The molecule has 0 bridgehead atoms. The standard InChI is InChI=1S/C36H27NO3S3.C21H8OS4.C12H11Br2NO2.6CH3.2Sn/c1-4-5-16-37-35(39)27-18(2)9-11-23(29(27)36(37)40)24-13-14-26(43-24)30-28-21-8-6-7-20(21)22-15-17-41-34(22)32(28)31(33(30)38)25-12-10-19(3)42-25;22-19-15(13-3-1-7-23-13)17-18(16(19)14-4-2-8-24-14)21-12(6-10-26-21)11-5-9-25-20(11)17;1-2-3-6-15-11(16)9-7(13)4-5-8(14)10(9)12(15)17;;;;;;;;/h6-7,9-15,17H,4-5,8,16H2,1-3H3;1-6,9-10H;4-5H,2-3,6H2,1H3;6*1H3;;. The van der Waals surface area contributed by atoms with E-state index in [0.717, 1.165) is 105 Å². The molecule has 0 radical (unpaired) electrons. The monoisotopic (exact) mass is 1710 g/mol. The zero-order chi connectivity index (χ0) is 66.1. The topological polar surface area (TPSA) is 109 Å². The second kappa shape index (κ2) is 25.7. The van der Waals surface area contributed by atoms with Crippen LogP contribution in [0.2, 0.25) is 29.6 Å². The van der Waals surface area contributed by atoms with Gasteiger partial charge in [-0.25, -0.2) is 0 Å². The van der Waals surface area contributed by atoms with E-state index >= 15 is 0 Å². The summed E-state index contributed by atoms with van der Waals surface area (Å²) in [6, 6.07) is 31.3. The third-order valence-electron chi connectivity index (χ3n) is 18.0. The Morgan fingerprint density at radius 2 is 0.872 bits per heavy atom. The summed E-state index contributed by atoms with van der Waals surface area (Å²) in [4.78, 5) is 104. The van der Waals surface area contributed by atoms with E-state index < -0.39 is 36.8 Å². The van der Waals surface area contributed by atoms with Crippen LogP contribution >= 0.6 is 111 Å². The average Bonchev–Trinajstić information content (AvgIpc) is 1.55. The number of rotatable bonds is 13. The molecule has 0 saturated heterocycles. The van der Waals surface area contributed by atoms with Gasteiger partial charge in [0, 0.05) is 78.8 Å². The molecule has 0 atom stereocenters. The van der Waals surface area contributed by atoms with Crippen LogP contribution in [0.5, 0.6) is 0 Å². The van der Waals surface area contributed by atoms with Crippen LogP contribution < -0.4 is 26.7 Å². The fourth-order valence-electron chi connectivity index (χ4n) is 13.3. The zero-order valence-corrected chi connectivity index (χ0v) is 68.1. The molecule has 19 heteroatoms. The Hall–Kier alpha value is -5.04. The molecular weight excluding hydrogens is 1650 g/mol. The Labute approximate surface area is 598 Å². The van der Waals surface area contributed by atoms with E-state index in [1.807, 2.05) is 60.8 Å². The SMILES string of the molecule is CCCCN1C(=O)c2c(Br)ccc(Br)c2C1=O.CCCCN1C(=O)c2c(C)ccc(-c3ccc(C4=c5c6c(c7ccsc7c5=C(c5ccc(C)s5)C4=O)C=CC6)s3)c2C1=O.[CH3][Sn]([CH3])([CH3])[c]1ccc(C2=c3c(c4sccc4c4ccsc34)=C(c3cc[c]([Sn]([CH3])([CH3])[CH3])s3)C2=O)s1. The average molecular weight is 1710 g/mol. The van der Waals surface area contributed by atoms with Crippen molar-refractivity contribution in [1.29, 1.82) is 0 Å². The van der Waals surface area contributed by atoms with Crippen LogP contribution in [0.1, 0.15) is 122 Å². The van der Waals surface area contributed by atoms with Gasteiger partial charge in [-0.2, -0.15) is 0 Å². The summed E-state index contributed by atoms with van der Waals surface area (Å²) in [5.74, 6) is -0.540. The molecule has 4 amide bonds. The first kappa shape index (κ1) is 66.2. The maximum atomic E-state index is 14.6. The molecule has 5 aliphatic rings. The van der Waals surface area contributed by atoms with Crippen LogP contribution in [0.3, 0.4) is 0 Å². The predicted octanol–water partition coefficient (Wildman–Crippen LogP) is 17.2. The molecule has 2 aliphatic heterocycles. The molecule has 0 N–H and O–H groups in total. The van der Waals surface area contributed by atoms with Gasteiger partial charge in [-0.05, 0) is 130 Å². The number of imide groups is 2. The van der Waals surface area contributed by atoms with Crippen molar-refractivity contribution in [2.45, 2.75) is 89.4 Å². The van der Waals surface area contributed by atoms with Crippen molar-refractivity contribution in [2.24, 2.45) is 0 Å². The van der Waals surface area contributed by atoms with Crippen LogP contribution in [0.4, 0.5) is 0 Å². The van der Waals surface area contributed by atoms with Gasteiger partial charge in [0.2, 0.25) is 0 Å². The van der Waals surface area contributed by atoms with Crippen molar-refractivity contribution in [3.63, 3.8) is 0 Å². The quantitative estimate of drug-likeness (QED) is 0.0840. The number of fused-ring (bicyclic) bond motifs is 14. The number of ketones is 2. The normalized spacial score (nSPS) is 15.0. The van der Waals surface area contributed by atoms with E-state index in [2.05, 4.69) is 158 Å². The van der Waals surface area contributed by atoms with E-state index in [-0.39, 0.29) is 35.2 Å². The Morgan fingerprint density at radius 3 is 1.36 bits per heavy atom. The summed E-state index contributed by atoms with van der Waals surface area (Å²) in [6.07, 6.45) is 8.66. The van der Waals surface area contributed by atoms with Crippen LogP contribution in [-0.2, 0) is 16.0 Å². The minimum absolute atomic E-state index is 0.0615. The number of nitrogens with zero attached hydrogens (tertiary/aromatic N) is 2. The van der Waals surface area contributed by atoms with Crippen molar-refractivity contribution in [3.8, 4) is 10.4 Å². The molecule has 7 aromatic heterocycles. The number of thiophene rings is 7. The summed E-state index contributed by atoms with van der Waals surface area (Å²) in [7, 11) is 0. The summed E-state index contributed by atoms with van der Waals surface area (Å²) >= 11 is 14.4. The van der Waals surface area contributed by atoms with Gasteiger partial charge in [0.15, 0.2) is 5.78 Å². The second-order valence-corrected chi connectivity index (χ2v) is 66.1. The molecule has 8 nitrogen and oxygen atoms in total. The van der Waals surface area contributed by atoms with Crippen LogP contribution in [0, 0.1) is 13.8 Å². The summed E-state index contributed by atoms with van der Waals surface area (Å²) in [5, 5.41) is 14.8. The number of carbonyl (C=O) groups excluding carboxylic acids is 6. The predicted molar refractivity (Wildman–Crippen MR) is 411 cm³/mol. The van der Waals surface area contributed by atoms with Gasteiger partial charge in [0.05, 0.1) is 22.3 Å². The number of amides is 4. The fraction of sp³-hybridized carbons (Fsp3) is 0.227. The molecule has 16 rings (SSSR count). The summed E-state index contributed by atoms with van der Waals surface area (Å²) in [6.45, 7) is 8.97. The number of unbranched alkanes of at least 4 members (excludes halogenated alkanes) is 2. The molecule has 94 heavy (non-hydrogen) atoms. The first-order valence-electron chi connectivity index (χ1n) is 31.5. The van der Waals surface area contributed by atoms with E-state index in [4.69, 9.17) is 0 Å². The Bertz CT molecular complexity index is 5290. The molecule has 0 saturated carbocycles. The number of halogens is 2. The molecule has 11 aromatic rings. The number of benzene rings is 4. The number of hydrogen-bond donors (Lipinski definition) is 0. The third kappa shape index (κ3) is 11.1. The van der Waals surface area contributed by atoms with Gasteiger partial charge in [0.25, 0.3) is 23.6 Å². The van der Waals surface area contributed by atoms with Crippen LogP contribution in [-0.4, -0.2) is 94.8 Å². The molecule has 9 heterocycles. The van der Waals surface area contributed by atoms with Gasteiger partial charge < -0.3 is 0 Å². The second-order valence-electron chi connectivity index (χ2n) is 26.2. The summed E-state index contributed by atoms with van der Waals surface area (Å²) in [5.41, 5.74) is 9.38. The van der Waals surface area contributed by atoms with Crippen molar-refractivity contribution in [2.75, 3.05) is 13.1 Å². The first-order chi connectivity index (χ1) is 45.0. The fourth-order valence-corrected chi connectivity index (χ4v) is 31.9. The van der Waals surface area contributed by atoms with Crippen molar-refractivity contribution in [1.82, 2.24) is 9.80 Å². The molecule has 0 unspecified atom stereocenters. The number of Topliss-reactive ketones (excluding diaryl/α,β-unsaturated/α-hetero) is 2. The Kier molecular flexibility index (Phi) is 18.1. The van der Waals surface area contributed by atoms with Crippen molar-refractivity contribution >= 4 is 248 Å². The Morgan fingerprint density at radius 1 is 0.447 bits per heavy atom. The third-order valence-corrected chi connectivity index (χ3v) is 45.5. The molecule has 4 aromatic carbocycles. The van der Waals surface area contributed by atoms with Gasteiger partial charge >= 0.3 is 227 Å². The number of aryl methyl sites for hydroxylation is 2. The van der Waals surface area contributed by atoms with Gasteiger partial charge in [0.1, 0.15) is 0 Å². The molecular formula is C75H64Br2N2O6S7Sn2. The molecule has 0 fully saturated rings. The molecule has 474 valence electrons. The zero-order valence-electron chi connectivity index (χ0n) is 53.5. The first-order valence-corrected chi connectivity index (χ1v) is 58.9. The van der Waals surface area contributed by atoms with E-state index in [0.29, 0.717) is 44.3 Å². The number of carbonyl (C=O) groups is 6. The van der Waals surface area contributed by atoms with Crippen molar-refractivity contribution in [3.05, 3.63) is 206 Å². The molecule has 3 aliphatic carbocycles. The van der Waals surface area contributed by atoms with E-state index in [1.165, 1.54) is 78.9 Å². The van der Waals surface area contributed by atoms with Gasteiger partial charge in [-0.3, -0.25) is 33.8 Å². The van der Waals surface area contributed by atoms with E-state index in [1.54, 1.807) is 57.5 Å². The number of allylic oxidation sites excluding steroid dienone is 1. The number of hydrogen-bond acceptors (Lipinski definition) is 13. The van der Waals surface area contributed by atoms with Gasteiger partial charge in [-0.15, -0.1) is 34.0 Å². The van der Waals surface area contributed by atoms with Gasteiger partial charge in [-0.1, -0.05) is 51.0 Å². The minimum atomic E-state index is -2.22. The van der Waals surface area contributed by atoms with E-state index in [9.17, 15) is 28.8 Å². The van der Waals surface area contributed by atoms with Crippen LogP contribution in [0.15, 0.2) is 122 Å². The van der Waals surface area contributed by atoms with Crippen molar-refractivity contribution < 1.29 is 28.8 Å². The molecule has 0 spiro atoms.